The Labute approximate surface area is 125 Å². The molecule has 1 aliphatic heterocycles. The van der Waals surface area contributed by atoms with Crippen LogP contribution in [-0.4, -0.2) is 57.3 Å². The van der Waals surface area contributed by atoms with Gasteiger partial charge in [0.2, 0.25) is 10.0 Å². The second kappa shape index (κ2) is 6.85. The number of aliphatic hydroxyl groups excluding tert-OH is 1. The van der Waals surface area contributed by atoms with Crippen molar-refractivity contribution >= 4 is 10.0 Å². The predicted octanol–water partition coefficient (Wildman–Crippen LogP) is 0.349. The molecule has 6 nitrogen and oxygen atoms in total. The number of aliphatic hydroxyl groups is 1. The molecule has 21 heavy (non-hydrogen) atoms. The Morgan fingerprint density at radius 1 is 1.43 bits per heavy atom. The van der Waals surface area contributed by atoms with Gasteiger partial charge in [0.15, 0.2) is 0 Å². The molecular formula is C14H22N2O4S. The minimum absolute atomic E-state index is 0.170. The molecule has 7 heteroatoms. The van der Waals surface area contributed by atoms with Gasteiger partial charge in [0.1, 0.15) is 0 Å². The molecule has 0 saturated carbocycles. The maximum atomic E-state index is 12.6. The lowest BCUT2D eigenvalue weighted by Crippen LogP contribution is -2.46. The van der Waals surface area contributed by atoms with Crippen LogP contribution in [0.4, 0.5) is 0 Å². The highest BCUT2D eigenvalue weighted by molar-refractivity contribution is 7.89. The first-order valence-corrected chi connectivity index (χ1v) is 8.43. The summed E-state index contributed by atoms with van der Waals surface area (Å²) in [5.41, 5.74) is 1.03. The van der Waals surface area contributed by atoms with Crippen molar-refractivity contribution in [2.24, 2.45) is 0 Å². The lowest BCUT2D eigenvalue weighted by molar-refractivity contribution is -0.0304. The van der Waals surface area contributed by atoms with Crippen LogP contribution < -0.4 is 5.32 Å². The fraction of sp³-hybridized carbons (Fsp3) is 0.571. The van der Waals surface area contributed by atoms with Gasteiger partial charge in [-0.05, 0) is 31.7 Å². The summed E-state index contributed by atoms with van der Waals surface area (Å²) >= 11 is 0. The van der Waals surface area contributed by atoms with Crippen LogP contribution in [0.15, 0.2) is 29.2 Å². The summed E-state index contributed by atoms with van der Waals surface area (Å²) in [5.74, 6) is 0. The average molecular weight is 314 g/mol. The highest BCUT2D eigenvalue weighted by atomic mass is 32.2. The molecule has 1 aromatic rings. The smallest absolute Gasteiger partial charge is 0.243 e. The van der Waals surface area contributed by atoms with Crippen molar-refractivity contribution in [3.8, 4) is 0 Å². The van der Waals surface area contributed by atoms with Gasteiger partial charge in [-0.25, -0.2) is 8.42 Å². The average Bonchev–Trinajstić information content (AvgIpc) is 2.54. The van der Waals surface area contributed by atoms with E-state index in [9.17, 15) is 8.42 Å². The summed E-state index contributed by atoms with van der Waals surface area (Å²) in [6.07, 6.45) is -0.447. The lowest BCUT2D eigenvalue weighted by Gasteiger charge is -2.31. The zero-order valence-corrected chi connectivity index (χ0v) is 13.1. The number of nitrogens with zero attached hydrogens (tertiary/aromatic N) is 1. The third kappa shape index (κ3) is 3.61. The second-order valence-electron chi connectivity index (χ2n) is 5.12. The van der Waals surface area contributed by atoms with Gasteiger partial charge in [-0.3, -0.25) is 0 Å². The van der Waals surface area contributed by atoms with E-state index in [0.29, 0.717) is 13.2 Å². The van der Waals surface area contributed by atoms with Crippen molar-refractivity contribution in [3.63, 3.8) is 0 Å². The number of hydrogen-bond acceptors (Lipinski definition) is 5. The molecule has 0 amide bonds. The molecule has 0 aliphatic carbocycles. The molecule has 2 unspecified atom stereocenters. The van der Waals surface area contributed by atoms with Gasteiger partial charge in [-0.2, -0.15) is 4.31 Å². The molecule has 0 spiro atoms. The zero-order valence-electron chi connectivity index (χ0n) is 12.3. The maximum Gasteiger partial charge on any atom is 0.243 e. The van der Waals surface area contributed by atoms with Crippen LogP contribution in [-0.2, 0) is 14.8 Å². The van der Waals surface area contributed by atoms with Gasteiger partial charge in [-0.1, -0.05) is 12.1 Å². The molecule has 0 radical (unpaired) electrons. The van der Waals surface area contributed by atoms with Crippen LogP contribution >= 0.6 is 0 Å². The summed E-state index contributed by atoms with van der Waals surface area (Å²) < 4.78 is 31.8. The third-order valence-electron chi connectivity index (χ3n) is 3.76. The summed E-state index contributed by atoms with van der Waals surface area (Å²) in [6, 6.07) is 7.06. The third-order valence-corrected chi connectivity index (χ3v) is 5.64. The summed E-state index contributed by atoms with van der Waals surface area (Å²) in [5, 5.41) is 12.2. The van der Waals surface area contributed by atoms with E-state index in [-0.39, 0.29) is 24.1 Å². The van der Waals surface area contributed by atoms with E-state index in [1.54, 1.807) is 12.1 Å². The quantitative estimate of drug-likeness (QED) is 0.820. The van der Waals surface area contributed by atoms with Crippen molar-refractivity contribution < 1.29 is 18.3 Å². The van der Waals surface area contributed by atoms with Crippen LogP contribution in [0.1, 0.15) is 18.5 Å². The van der Waals surface area contributed by atoms with E-state index >= 15 is 0 Å². The molecule has 2 rings (SSSR count). The van der Waals surface area contributed by atoms with Gasteiger partial charge in [0.25, 0.3) is 0 Å². The van der Waals surface area contributed by atoms with Gasteiger partial charge >= 0.3 is 0 Å². The van der Waals surface area contributed by atoms with Crippen molar-refractivity contribution in [2.75, 3.05) is 33.4 Å². The fourth-order valence-electron chi connectivity index (χ4n) is 2.27. The van der Waals surface area contributed by atoms with Crippen molar-refractivity contribution in [2.45, 2.75) is 24.0 Å². The van der Waals surface area contributed by atoms with E-state index in [2.05, 4.69) is 5.32 Å². The van der Waals surface area contributed by atoms with Gasteiger partial charge in [0.05, 0.1) is 24.2 Å². The Morgan fingerprint density at radius 3 is 2.67 bits per heavy atom. The molecule has 1 saturated heterocycles. The van der Waals surface area contributed by atoms with Gasteiger partial charge < -0.3 is 15.2 Å². The van der Waals surface area contributed by atoms with E-state index in [0.717, 1.165) is 5.56 Å². The molecule has 118 valence electrons. The first-order valence-electron chi connectivity index (χ1n) is 6.99. The Hall–Kier alpha value is -0.990. The Bertz CT molecular complexity index is 559. The minimum Gasteiger partial charge on any atom is -0.394 e. The highest BCUT2D eigenvalue weighted by Crippen LogP contribution is 2.21. The normalized spacial score (nSPS) is 22.1. The number of morpholine rings is 1. The van der Waals surface area contributed by atoms with Crippen LogP contribution in [0, 0.1) is 0 Å². The molecule has 0 bridgehead atoms. The Kier molecular flexibility index (Phi) is 5.34. The van der Waals surface area contributed by atoms with Crippen molar-refractivity contribution in [3.05, 3.63) is 29.8 Å². The van der Waals surface area contributed by atoms with Crippen LogP contribution in [0.3, 0.4) is 0 Å². The monoisotopic (exact) mass is 314 g/mol. The van der Waals surface area contributed by atoms with Crippen LogP contribution in [0.25, 0.3) is 0 Å². The molecule has 0 aromatic heterocycles. The molecule has 1 aliphatic rings. The maximum absolute atomic E-state index is 12.6. The highest BCUT2D eigenvalue weighted by Gasteiger charge is 2.30. The molecule has 1 aromatic carbocycles. The van der Waals surface area contributed by atoms with Crippen molar-refractivity contribution in [1.29, 1.82) is 0 Å². The first kappa shape index (κ1) is 16.4. The number of sulfonamides is 1. The van der Waals surface area contributed by atoms with Gasteiger partial charge in [-0.15, -0.1) is 0 Å². The van der Waals surface area contributed by atoms with E-state index in [1.807, 2.05) is 26.1 Å². The second-order valence-corrected chi connectivity index (χ2v) is 7.06. The van der Waals surface area contributed by atoms with Crippen molar-refractivity contribution in [1.82, 2.24) is 9.62 Å². The van der Waals surface area contributed by atoms with Crippen LogP contribution in [0.5, 0.6) is 0 Å². The van der Waals surface area contributed by atoms with Crippen LogP contribution in [0.2, 0.25) is 0 Å². The SMILES string of the molecule is CNC(C)c1ccc(S(=O)(=O)N2CCOC(CO)C2)cc1. The summed E-state index contributed by atoms with van der Waals surface area (Å²) in [6.45, 7) is 2.64. The summed E-state index contributed by atoms with van der Waals surface area (Å²) in [4.78, 5) is 0.271. The largest absolute Gasteiger partial charge is 0.394 e. The molecule has 2 atom stereocenters. The number of ether oxygens (including phenoxy) is 1. The number of hydrogen-bond donors (Lipinski definition) is 2. The summed E-state index contributed by atoms with van der Waals surface area (Å²) in [7, 11) is -1.67. The topological polar surface area (TPSA) is 78.9 Å². The molecule has 2 N–H and O–H groups in total. The Morgan fingerprint density at radius 2 is 2.10 bits per heavy atom. The predicted molar refractivity (Wildman–Crippen MR) is 79.5 cm³/mol. The Balaban J connectivity index is 2.19. The lowest BCUT2D eigenvalue weighted by atomic mass is 10.1. The minimum atomic E-state index is -3.53. The number of nitrogens with one attached hydrogen (secondary N) is 1. The van der Waals surface area contributed by atoms with Gasteiger partial charge in [0, 0.05) is 19.1 Å². The molecule has 1 fully saturated rings. The number of rotatable bonds is 5. The van der Waals surface area contributed by atoms with E-state index in [1.165, 1.54) is 4.31 Å². The molecular weight excluding hydrogens is 292 g/mol. The molecule has 1 heterocycles. The fourth-order valence-corrected chi connectivity index (χ4v) is 3.72. The zero-order chi connectivity index (χ0) is 15.5. The number of benzene rings is 1. The first-order chi connectivity index (χ1) is 9.98. The van der Waals surface area contributed by atoms with E-state index < -0.39 is 16.1 Å². The van der Waals surface area contributed by atoms with E-state index in [4.69, 9.17) is 9.84 Å². The standard InChI is InChI=1S/C14H22N2O4S/c1-11(15-2)12-3-5-14(6-4-12)21(18,19)16-7-8-20-13(9-16)10-17/h3-6,11,13,15,17H,7-10H2,1-2H3.